The highest BCUT2D eigenvalue weighted by Gasteiger charge is 2.37. The van der Waals surface area contributed by atoms with E-state index in [1.54, 1.807) is 0 Å². The molecule has 0 radical (unpaired) electrons. The summed E-state index contributed by atoms with van der Waals surface area (Å²) in [5.74, 6) is 0. The predicted molar refractivity (Wildman–Crippen MR) is 65.3 cm³/mol. The molecule has 1 fully saturated rings. The molecular weight excluding hydrogens is 186 g/mol. The van der Waals surface area contributed by atoms with Crippen LogP contribution in [0.4, 0.5) is 0 Å². The summed E-state index contributed by atoms with van der Waals surface area (Å²) in [7, 11) is 0. The molecule has 1 heterocycles. The number of hydrogen-bond donors (Lipinski definition) is 2. The number of likely N-dealkylation sites (tertiary alicyclic amines) is 1. The lowest BCUT2D eigenvalue weighted by Gasteiger charge is -2.24. The van der Waals surface area contributed by atoms with Gasteiger partial charge in [0.1, 0.15) is 0 Å². The summed E-state index contributed by atoms with van der Waals surface area (Å²) in [6, 6.07) is 0.235. The van der Waals surface area contributed by atoms with Gasteiger partial charge in [0.2, 0.25) is 0 Å². The molecule has 0 spiro atoms. The highest BCUT2D eigenvalue weighted by Crippen LogP contribution is 2.29. The van der Waals surface area contributed by atoms with Gasteiger partial charge in [0, 0.05) is 30.5 Å². The molecule has 0 aromatic carbocycles. The Balaban J connectivity index is 2.46. The normalized spacial score (nSPS) is 24.0. The van der Waals surface area contributed by atoms with Crippen LogP contribution >= 0.6 is 0 Å². The first-order valence-corrected chi connectivity index (χ1v) is 5.40. The first-order valence-electron chi connectivity index (χ1n) is 5.40. The van der Waals surface area contributed by atoms with Gasteiger partial charge in [-0.25, -0.2) is 0 Å². The first kappa shape index (κ1) is 12.1. The van der Waals surface area contributed by atoms with Crippen LogP contribution in [0, 0.1) is 5.41 Å². The molecule has 15 heavy (non-hydrogen) atoms. The summed E-state index contributed by atoms with van der Waals surface area (Å²) in [6.07, 6.45) is 0. The Morgan fingerprint density at radius 1 is 1.53 bits per heavy atom. The van der Waals surface area contributed by atoms with E-state index in [-0.39, 0.29) is 11.5 Å². The van der Waals surface area contributed by atoms with Gasteiger partial charge < -0.3 is 16.0 Å². The number of nitrogens with one attached hydrogen (secondary N) is 1. The fourth-order valence-electron chi connectivity index (χ4n) is 1.76. The molecule has 0 bridgehead atoms. The molecule has 0 unspecified atom stereocenters. The zero-order chi connectivity index (χ0) is 11.6. The third-order valence-electron chi connectivity index (χ3n) is 3.06. The highest BCUT2D eigenvalue weighted by molar-refractivity contribution is 5.07. The van der Waals surface area contributed by atoms with Gasteiger partial charge in [-0.1, -0.05) is 27.0 Å². The summed E-state index contributed by atoms with van der Waals surface area (Å²) in [4.78, 5) is 2.26. The van der Waals surface area contributed by atoms with Crippen LogP contribution in [0.1, 0.15) is 20.8 Å². The fraction of sp³-hybridized carbons (Fsp3) is 0.667. The molecule has 1 saturated heterocycles. The van der Waals surface area contributed by atoms with Gasteiger partial charge >= 0.3 is 0 Å². The molecule has 3 nitrogen and oxygen atoms in total. The monoisotopic (exact) mass is 209 g/mol. The lowest BCUT2D eigenvalue weighted by Crippen LogP contribution is -2.35. The lowest BCUT2D eigenvalue weighted by molar-refractivity contribution is 0.325. The van der Waals surface area contributed by atoms with Crippen molar-refractivity contribution in [3.63, 3.8) is 0 Å². The van der Waals surface area contributed by atoms with Gasteiger partial charge in [-0.3, -0.25) is 0 Å². The molecule has 1 aliphatic heterocycles. The molecule has 0 aliphatic carbocycles. The Bertz CT molecular complexity index is 268. The van der Waals surface area contributed by atoms with E-state index in [4.69, 9.17) is 5.73 Å². The average molecular weight is 209 g/mol. The Hall–Kier alpha value is -0.960. The zero-order valence-electron chi connectivity index (χ0n) is 10.1. The largest absolute Gasteiger partial charge is 0.384 e. The van der Waals surface area contributed by atoms with Gasteiger partial charge in [-0.15, -0.1) is 0 Å². The third kappa shape index (κ3) is 2.99. The maximum Gasteiger partial charge on any atom is 0.0540 e. The summed E-state index contributed by atoms with van der Waals surface area (Å²) in [6.45, 7) is 16.9. The standard InChI is InChI=1S/C12H23N3/c1-9(2)14-6-10(3)15-7-11(13)12(4,5)8-15/h11,14H,1,3,6-8,13H2,2,4-5H3/t11-/m1/s1. The van der Waals surface area contributed by atoms with Crippen molar-refractivity contribution < 1.29 is 0 Å². The minimum atomic E-state index is 0.187. The minimum Gasteiger partial charge on any atom is -0.384 e. The van der Waals surface area contributed by atoms with Crippen molar-refractivity contribution in [1.82, 2.24) is 10.2 Å². The van der Waals surface area contributed by atoms with Crippen LogP contribution in [0.5, 0.6) is 0 Å². The fourth-order valence-corrected chi connectivity index (χ4v) is 1.76. The van der Waals surface area contributed by atoms with E-state index in [0.29, 0.717) is 0 Å². The molecule has 1 aliphatic rings. The SMILES string of the molecule is C=C(C)NCC(=C)N1C[C@@H](N)C(C)(C)C1. The van der Waals surface area contributed by atoms with E-state index in [0.717, 1.165) is 31.0 Å². The quantitative estimate of drug-likeness (QED) is 0.733. The molecule has 0 aromatic rings. The van der Waals surface area contributed by atoms with Crippen LogP contribution in [0.3, 0.4) is 0 Å². The number of nitrogens with zero attached hydrogens (tertiary/aromatic N) is 1. The smallest absolute Gasteiger partial charge is 0.0540 e. The molecule has 1 rings (SSSR count). The maximum absolute atomic E-state index is 6.08. The van der Waals surface area contributed by atoms with Gasteiger partial charge in [0.25, 0.3) is 0 Å². The van der Waals surface area contributed by atoms with Crippen molar-refractivity contribution >= 4 is 0 Å². The summed E-state index contributed by atoms with van der Waals surface area (Å²) >= 11 is 0. The highest BCUT2D eigenvalue weighted by atomic mass is 15.2. The van der Waals surface area contributed by atoms with E-state index < -0.39 is 0 Å². The van der Waals surface area contributed by atoms with E-state index >= 15 is 0 Å². The topological polar surface area (TPSA) is 41.3 Å². The van der Waals surface area contributed by atoms with Crippen molar-refractivity contribution in [2.75, 3.05) is 19.6 Å². The Labute approximate surface area is 93.0 Å². The lowest BCUT2D eigenvalue weighted by atomic mass is 9.89. The van der Waals surface area contributed by atoms with Gasteiger partial charge in [-0.05, 0) is 12.3 Å². The summed E-state index contributed by atoms with van der Waals surface area (Å²) < 4.78 is 0. The van der Waals surface area contributed by atoms with Crippen LogP contribution in [-0.4, -0.2) is 30.6 Å². The molecule has 3 heteroatoms. The van der Waals surface area contributed by atoms with Crippen LogP contribution in [0.2, 0.25) is 0 Å². The number of nitrogens with two attached hydrogens (primary N) is 1. The minimum absolute atomic E-state index is 0.187. The van der Waals surface area contributed by atoms with Crippen LogP contribution in [0.25, 0.3) is 0 Å². The number of allylic oxidation sites excluding steroid dienone is 1. The molecule has 0 amide bonds. The molecular formula is C12H23N3. The van der Waals surface area contributed by atoms with E-state index in [9.17, 15) is 0 Å². The van der Waals surface area contributed by atoms with E-state index in [1.165, 1.54) is 0 Å². The van der Waals surface area contributed by atoms with E-state index in [2.05, 4.69) is 37.2 Å². The Morgan fingerprint density at radius 3 is 2.53 bits per heavy atom. The number of hydrogen-bond acceptors (Lipinski definition) is 3. The van der Waals surface area contributed by atoms with Crippen molar-refractivity contribution in [2.45, 2.75) is 26.8 Å². The van der Waals surface area contributed by atoms with Gasteiger partial charge in [0.15, 0.2) is 0 Å². The van der Waals surface area contributed by atoms with Crippen LogP contribution in [-0.2, 0) is 0 Å². The zero-order valence-corrected chi connectivity index (χ0v) is 10.1. The number of rotatable bonds is 4. The van der Waals surface area contributed by atoms with Crippen LogP contribution in [0.15, 0.2) is 24.6 Å². The second-order valence-electron chi connectivity index (χ2n) is 5.18. The summed E-state index contributed by atoms with van der Waals surface area (Å²) in [5, 5.41) is 3.19. The van der Waals surface area contributed by atoms with Gasteiger partial charge in [0.05, 0.1) is 6.54 Å². The molecule has 3 N–H and O–H groups in total. The molecule has 86 valence electrons. The Morgan fingerprint density at radius 2 is 2.13 bits per heavy atom. The second-order valence-corrected chi connectivity index (χ2v) is 5.18. The molecule has 0 saturated carbocycles. The molecule has 1 atom stereocenters. The Kier molecular flexibility index (Phi) is 3.45. The van der Waals surface area contributed by atoms with Crippen molar-refractivity contribution in [3.05, 3.63) is 24.6 Å². The van der Waals surface area contributed by atoms with Crippen LogP contribution < -0.4 is 11.1 Å². The van der Waals surface area contributed by atoms with Gasteiger partial charge in [-0.2, -0.15) is 0 Å². The summed E-state index contributed by atoms with van der Waals surface area (Å²) in [5.41, 5.74) is 8.33. The average Bonchev–Trinajstić information content (AvgIpc) is 2.37. The molecule has 0 aromatic heterocycles. The second kappa shape index (κ2) is 4.27. The van der Waals surface area contributed by atoms with Crippen molar-refractivity contribution in [3.8, 4) is 0 Å². The van der Waals surface area contributed by atoms with Crippen molar-refractivity contribution in [2.24, 2.45) is 11.1 Å². The first-order chi connectivity index (χ1) is 6.83. The van der Waals surface area contributed by atoms with Crippen molar-refractivity contribution in [1.29, 1.82) is 0 Å². The third-order valence-corrected chi connectivity index (χ3v) is 3.06. The predicted octanol–water partition coefficient (Wildman–Crippen LogP) is 1.29. The maximum atomic E-state index is 6.08. The van der Waals surface area contributed by atoms with E-state index in [1.807, 2.05) is 6.92 Å².